The number of allylic oxidation sites excluding steroid dienone is 1. The molecular formula is C18H24ClNO2. The van der Waals surface area contributed by atoms with Gasteiger partial charge < -0.3 is 10.1 Å². The van der Waals surface area contributed by atoms with E-state index in [4.69, 9.17) is 16.3 Å². The van der Waals surface area contributed by atoms with Gasteiger partial charge in [-0.25, -0.2) is 0 Å². The van der Waals surface area contributed by atoms with Gasteiger partial charge in [-0.1, -0.05) is 30.2 Å². The third kappa shape index (κ3) is 5.38. The molecule has 1 aliphatic rings. The first-order valence-electron chi connectivity index (χ1n) is 8.07. The summed E-state index contributed by atoms with van der Waals surface area (Å²) in [5, 5.41) is 3.64. The van der Waals surface area contributed by atoms with Gasteiger partial charge in [0.25, 0.3) is 5.91 Å². The van der Waals surface area contributed by atoms with Crippen molar-refractivity contribution in [3.05, 3.63) is 40.9 Å². The Kier molecular flexibility index (Phi) is 6.78. The summed E-state index contributed by atoms with van der Waals surface area (Å²) in [7, 11) is 0. The highest BCUT2D eigenvalue weighted by Crippen LogP contribution is 2.20. The number of hydrogen-bond donors (Lipinski definition) is 1. The molecule has 0 fully saturated rings. The first kappa shape index (κ1) is 16.9. The third-order valence-corrected chi connectivity index (χ3v) is 4.14. The summed E-state index contributed by atoms with van der Waals surface area (Å²) in [6.45, 7) is 2.63. The average molecular weight is 322 g/mol. The van der Waals surface area contributed by atoms with Crippen LogP contribution in [0.1, 0.15) is 45.4 Å². The summed E-state index contributed by atoms with van der Waals surface area (Å²) in [5.41, 5.74) is 1.47. The van der Waals surface area contributed by atoms with Crippen LogP contribution in [0.5, 0.6) is 5.75 Å². The minimum Gasteiger partial charge on any atom is -0.481 e. The highest BCUT2D eigenvalue weighted by molar-refractivity contribution is 6.30. The van der Waals surface area contributed by atoms with E-state index in [1.807, 2.05) is 6.92 Å². The van der Waals surface area contributed by atoms with Crippen LogP contribution in [0.3, 0.4) is 0 Å². The molecule has 1 atom stereocenters. The molecule has 120 valence electrons. The SMILES string of the molecule is CC[C@@H](Oc1ccc(Cl)cc1)C(=O)NCCC1=CCCCC1. The molecule has 0 unspecified atom stereocenters. The van der Waals surface area contributed by atoms with E-state index < -0.39 is 6.10 Å². The van der Waals surface area contributed by atoms with Crippen LogP contribution in [-0.4, -0.2) is 18.6 Å². The number of halogens is 1. The van der Waals surface area contributed by atoms with Crippen LogP contribution in [0.4, 0.5) is 0 Å². The van der Waals surface area contributed by atoms with E-state index in [2.05, 4.69) is 11.4 Å². The van der Waals surface area contributed by atoms with Crippen molar-refractivity contribution in [3.8, 4) is 5.75 Å². The highest BCUT2D eigenvalue weighted by Gasteiger charge is 2.18. The van der Waals surface area contributed by atoms with Crippen molar-refractivity contribution in [2.75, 3.05) is 6.54 Å². The lowest BCUT2D eigenvalue weighted by Crippen LogP contribution is -2.38. The van der Waals surface area contributed by atoms with Gasteiger partial charge in [-0.2, -0.15) is 0 Å². The standard InChI is InChI=1S/C18H24ClNO2/c1-2-17(22-16-10-8-15(19)9-11-16)18(21)20-13-12-14-6-4-3-5-7-14/h6,8-11,17H,2-5,7,12-13H2,1H3,(H,20,21)/t17-/m1/s1. The smallest absolute Gasteiger partial charge is 0.261 e. The van der Waals surface area contributed by atoms with Gasteiger partial charge in [-0.15, -0.1) is 0 Å². The summed E-state index contributed by atoms with van der Waals surface area (Å²) in [6, 6.07) is 7.09. The van der Waals surface area contributed by atoms with E-state index in [9.17, 15) is 4.79 Å². The number of amides is 1. The zero-order valence-corrected chi connectivity index (χ0v) is 13.9. The fraction of sp³-hybridized carbons (Fsp3) is 0.500. The second-order valence-electron chi connectivity index (χ2n) is 5.62. The lowest BCUT2D eigenvalue weighted by molar-refractivity contribution is -0.128. The van der Waals surface area contributed by atoms with Crippen molar-refractivity contribution < 1.29 is 9.53 Å². The minimum atomic E-state index is -0.457. The molecule has 1 aliphatic carbocycles. The number of carbonyl (C=O) groups excluding carboxylic acids is 1. The van der Waals surface area contributed by atoms with Crippen LogP contribution in [0.25, 0.3) is 0 Å². The molecule has 0 spiro atoms. The van der Waals surface area contributed by atoms with E-state index >= 15 is 0 Å². The number of nitrogens with one attached hydrogen (secondary N) is 1. The minimum absolute atomic E-state index is 0.0474. The van der Waals surface area contributed by atoms with Gasteiger partial charge in [-0.3, -0.25) is 4.79 Å². The maximum Gasteiger partial charge on any atom is 0.261 e. The second kappa shape index (κ2) is 8.84. The van der Waals surface area contributed by atoms with Crippen molar-refractivity contribution >= 4 is 17.5 Å². The molecule has 4 heteroatoms. The molecule has 3 nitrogen and oxygen atoms in total. The molecule has 2 rings (SSSR count). The van der Waals surface area contributed by atoms with Gasteiger partial charge in [0.2, 0.25) is 0 Å². The van der Waals surface area contributed by atoms with Crippen molar-refractivity contribution in [2.45, 2.75) is 51.6 Å². The monoisotopic (exact) mass is 321 g/mol. The molecule has 0 radical (unpaired) electrons. The Morgan fingerprint density at radius 3 is 2.73 bits per heavy atom. The van der Waals surface area contributed by atoms with Crippen molar-refractivity contribution in [1.29, 1.82) is 0 Å². The zero-order chi connectivity index (χ0) is 15.8. The summed E-state index contributed by atoms with van der Waals surface area (Å²) >= 11 is 5.85. The number of ether oxygens (including phenoxy) is 1. The van der Waals surface area contributed by atoms with Gasteiger partial charge >= 0.3 is 0 Å². The van der Waals surface area contributed by atoms with Crippen LogP contribution in [0.15, 0.2) is 35.9 Å². The molecule has 1 aromatic rings. The van der Waals surface area contributed by atoms with Crippen LogP contribution in [0, 0.1) is 0 Å². The molecule has 0 saturated heterocycles. The average Bonchev–Trinajstić information content (AvgIpc) is 2.55. The summed E-state index contributed by atoms with van der Waals surface area (Å²) in [5.74, 6) is 0.621. The molecule has 0 aromatic heterocycles. The molecule has 0 heterocycles. The Balaban J connectivity index is 1.78. The number of rotatable bonds is 7. The van der Waals surface area contributed by atoms with Crippen molar-refractivity contribution in [2.24, 2.45) is 0 Å². The van der Waals surface area contributed by atoms with E-state index in [-0.39, 0.29) is 5.91 Å². The molecule has 0 bridgehead atoms. The molecule has 1 amide bonds. The molecule has 22 heavy (non-hydrogen) atoms. The molecular weight excluding hydrogens is 298 g/mol. The van der Waals surface area contributed by atoms with Gasteiger partial charge in [-0.05, 0) is 62.8 Å². The molecule has 0 aliphatic heterocycles. The fourth-order valence-corrected chi connectivity index (χ4v) is 2.72. The van der Waals surface area contributed by atoms with Gasteiger partial charge in [0.1, 0.15) is 5.75 Å². The number of carbonyl (C=O) groups is 1. The lowest BCUT2D eigenvalue weighted by atomic mass is 9.97. The summed E-state index contributed by atoms with van der Waals surface area (Å²) in [6.07, 6.45) is 8.37. The Bertz CT molecular complexity index is 510. The first-order chi connectivity index (χ1) is 10.7. The van der Waals surface area contributed by atoms with E-state index in [1.54, 1.807) is 24.3 Å². The predicted octanol–water partition coefficient (Wildman–Crippen LogP) is 4.50. The first-order valence-corrected chi connectivity index (χ1v) is 8.44. The zero-order valence-electron chi connectivity index (χ0n) is 13.1. The maximum absolute atomic E-state index is 12.2. The number of benzene rings is 1. The fourth-order valence-electron chi connectivity index (χ4n) is 2.59. The Hall–Kier alpha value is -1.48. The summed E-state index contributed by atoms with van der Waals surface area (Å²) < 4.78 is 5.74. The molecule has 1 aromatic carbocycles. The Morgan fingerprint density at radius 2 is 2.09 bits per heavy atom. The highest BCUT2D eigenvalue weighted by atomic mass is 35.5. The third-order valence-electron chi connectivity index (χ3n) is 3.89. The van der Waals surface area contributed by atoms with E-state index in [0.29, 0.717) is 23.7 Å². The summed E-state index contributed by atoms with van der Waals surface area (Å²) in [4.78, 5) is 12.2. The lowest BCUT2D eigenvalue weighted by Gasteiger charge is -2.18. The van der Waals surface area contributed by atoms with Gasteiger partial charge in [0, 0.05) is 11.6 Å². The molecule has 1 N–H and O–H groups in total. The molecule has 0 saturated carbocycles. The van der Waals surface area contributed by atoms with Crippen LogP contribution in [0.2, 0.25) is 5.02 Å². The Labute approximate surface area is 137 Å². The van der Waals surface area contributed by atoms with Crippen molar-refractivity contribution in [3.63, 3.8) is 0 Å². The maximum atomic E-state index is 12.2. The topological polar surface area (TPSA) is 38.3 Å². The van der Waals surface area contributed by atoms with Gasteiger partial charge in [0.15, 0.2) is 6.10 Å². The predicted molar refractivity (Wildman–Crippen MR) is 90.3 cm³/mol. The Morgan fingerprint density at radius 1 is 1.32 bits per heavy atom. The second-order valence-corrected chi connectivity index (χ2v) is 6.05. The van der Waals surface area contributed by atoms with Gasteiger partial charge in [0.05, 0.1) is 0 Å². The van der Waals surface area contributed by atoms with Crippen LogP contribution >= 0.6 is 11.6 Å². The quantitative estimate of drug-likeness (QED) is 0.751. The number of hydrogen-bond acceptors (Lipinski definition) is 2. The normalized spacial score (nSPS) is 15.8. The van der Waals surface area contributed by atoms with E-state index in [0.717, 1.165) is 6.42 Å². The van der Waals surface area contributed by atoms with Crippen LogP contribution < -0.4 is 10.1 Å². The van der Waals surface area contributed by atoms with Crippen molar-refractivity contribution in [1.82, 2.24) is 5.32 Å². The largest absolute Gasteiger partial charge is 0.481 e. The van der Waals surface area contributed by atoms with Crippen LogP contribution in [-0.2, 0) is 4.79 Å². The van der Waals surface area contributed by atoms with E-state index in [1.165, 1.54) is 31.3 Å².